The number of ether oxygens (including phenoxy) is 4. The fourth-order valence-corrected chi connectivity index (χ4v) is 14.4. The minimum atomic E-state index is -0.273. The van der Waals surface area contributed by atoms with Crippen LogP contribution in [0, 0.1) is 10.8 Å². The molecular formula is C67H57BN2O5. The maximum absolute atomic E-state index is 6.47. The molecule has 0 saturated heterocycles. The van der Waals surface area contributed by atoms with Crippen LogP contribution in [0.1, 0.15) is 74.9 Å². The highest BCUT2D eigenvalue weighted by molar-refractivity contribution is 7.00. The van der Waals surface area contributed by atoms with Gasteiger partial charge in [-0.1, -0.05) is 96.1 Å². The van der Waals surface area contributed by atoms with Crippen molar-refractivity contribution in [2.75, 3.05) is 36.2 Å². The fourth-order valence-electron chi connectivity index (χ4n) is 14.4. The SMILES string of the molecule is CC1(C)Cc2ccc(N3c4cc5c(cc4B4c6cc7c(cc6N(c6ccc8c(c6)OCCO8)c6cc(-c8ccc9c(c8)C(C)(C)c8cc(-c%10cc%11ccccc%11o%10)ccc8-9)cc3c64)OCCO7)CC(C)(C)C5)cc2C1. The summed E-state index contributed by atoms with van der Waals surface area (Å²) >= 11 is 0. The third kappa shape index (κ3) is 6.47. The topological polar surface area (TPSA) is 56.5 Å². The summed E-state index contributed by atoms with van der Waals surface area (Å²) in [6, 6.07) is 52.9. The molecule has 0 amide bonds. The molecule has 16 rings (SSSR count). The summed E-state index contributed by atoms with van der Waals surface area (Å²) in [5, 5.41) is 1.11. The van der Waals surface area contributed by atoms with E-state index >= 15 is 0 Å². The summed E-state index contributed by atoms with van der Waals surface area (Å²) in [7, 11) is 0. The van der Waals surface area contributed by atoms with Crippen LogP contribution in [0.4, 0.5) is 34.1 Å². The second kappa shape index (κ2) is 15.2. The summed E-state index contributed by atoms with van der Waals surface area (Å²) in [4.78, 5) is 5.09. The lowest BCUT2D eigenvalue weighted by Gasteiger charge is -2.45. The molecule has 0 spiro atoms. The Balaban J connectivity index is 0.944. The van der Waals surface area contributed by atoms with Gasteiger partial charge < -0.3 is 33.2 Å². The van der Waals surface area contributed by atoms with Crippen molar-refractivity contribution in [3.8, 4) is 56.6 Å². The molecular weight excluding hydrogens is 924 g/mol. The second-order valence-corrected chi connectivity index (χ2v) is 24.4. The number of nitrogens with zero attached hydrogens (tertiary/aromatic N) is 2. The van der Waals surface area contributed by atoms with Crippen LogP contribution < -0.4 is 45.1 Å². The number of benzene rings is 8. The lowest BCUT2D eigenvalue weighted by molar-refractivity contribution is 0.171. The van der Waals surface area contributed by atoms with Gasteiger partial charge in [0.25, 0.3) is 6.71 Å². The van der Waals surface area contributed by atoms with Crippen molar-refractivity contribution in [1.82, 2.24) is 0 Å². The van der Waals surface area contributed by atoms with Crippen LogP contribution in [-0.2, 0) is 31.1 Å². The highest BCUT2D eigenvalue weighted by Crippen LogP contribution is 2.54. The zero-order chi connectivity index (χ0) is 50.3. The number of furan rings is 1. The van der Waals surface area contributed by atoms with Gasteiger partial charge in [0.15, 0.2) is 23.0 Å². The van der Waals surface area contributed by atoms with E-state index in [4.69, 9.17) is 23.4 Å². The van der Waals surface area contributed by atoms with E-state index < -0.39 is 0 Å². The summed E-state index contributed by atoms with van der Waals surface area (Å²) in [5.74, 6) is 3.97. The van der Waals surface area contributed by atoms with Crippen molar-refractivity contribution >= 4 is 68.2 Å². The third-order valence-electron chi connectivity index (χ3n) is 17.7. The van der Waals surface area contributed by atoms with E-state index in [0.29, 0.717) is 26.4 Å². The lowest BCUT2D eigenvalue weighted by Crippen LogP contribution is -2.61. The normalized spacial score (nSPS) is 18.0. The van der Waals surface area contributed by atoms with Crippen molar-refractivity contribution in [2.24, 2.45) is 10.8 Å². The number of rotatable bonds is 4. The molecule has 1 aromatic heterocycles. The first kappa shape index (κ1) is 43.6. The largest absolute Gasteiger partial charge is 0.486 e. The first-order valence-corrected chi connectivity index (χ1v) is 27.0. The molecule has 0 bridgehead atoms. The molecule has 4 aliphatic heterocycles. The molecule has 8 aromatic carbocycles. The van der Waals surface area contributed by atoms with Crippen molar-refractivity contribution in [1.29, 1.82) is 0 Å². The molecule has 0 fully saturated rings. The Hall–Kier alpha value is -7.84. The maximum Gasteiger partial charge on any atom is 0.252 e. The molecule has 3 aliphatic carbocycles. The Labute approximate surface area is 438 Å². The summed E-state index contributed by atoms with van der Waals surface area (Å²) < 4.78 is 31.8. The van der Waals surface area contributed by atoms with Crippen molar-refractivity contribution < 1.29 is 23.4 Å². The fraction of sp³-hybridized carbons (Fsp3) is 0.254. The van der Waals surface area contributed by atoms with Gasteiger partial charge in [0.05, 0.1) is 5.69 Å². The van der Waals surface area contributed by atoms with Gasteiger partial charge in [-0.25, -0.2) is 0 Å². The van der Waals surface area contributed by atoms with Gasteiger partial charge in [-0.15, -0.1) is 0 Å². The number of para-hydroxylation sites is 1. The van der Waals surface area contributed by atoms with Crippen molar-refractivity contribution in [3.05, 3.63) is 173 Å². The molecule has 9 aromatic rings. The van der Waals surface area contributed by atoms with E-state index in [0.717, 1.165) is 93.6 Å². The van der Waals surface area contributed by atoms with Crippen LogP contribution in [0.3, 0.4) is 0 Å². The molecule has 7 aliphatic rings. The molecule has 368 valence electrons. The quantitative estimate of drug-likeness (QED) is 0.163. The average molecular weight is 981 g/mol. The Kier molecular flexibility index (Phi) is 8.80. The van der Waals surface area contributed by atoms with Crippen LogP contribution >= 0.6 is 0 Å². The molecule has 5 heterocycles. The number of hydrogen-bond donors (Lipinski definition) is 0. The second-order valence-electron chi connectivity index (χ2n) is 24.4. The summed E-state index contributed by atoms with van der Waals surface area (Å²) in [6.45, 7) is 16.4. The molecule has 0 unspecified atom stereocenters. The van der Waals surface area contributed by atoms with Gasteiger partial charge in [-0.2, -0.15) is 0 Å². The highest BCUT2D eigenvalue weighted by atomic mass is 16.6. The van der Waals surface area contributed by atoms with E-state index in [9.17, 15) is 0 Å². The van der Waals surface area contributed by atoms with Crippen LogP contribution in [0.2, 0.25) is 0 Å². The number of anilines is 6. The van der Waals surface area contributed by atoms with Gasteiger partial charge in [0.1, 0.15) is 37.8 Å². The molecule has 0 saturated carbocycles. The van der Waals surface area contributed by atoms with E-state index in [1.54, 1.807) is 0 Å². The Morgan fingerprint density at radius 1 is 0.427 bits per heavy atom. The average Bonchev–Trinajstić information content (AvgIpc) is 4.22. The van der Waals surface area contributed by atoms with Crippen molar-refractivity contribution in [3.63, 3.8) is 0 Å². The first-order chi connectivity index (χ1) is 36.3. The number of hydrogen-bond acceptors (Lipinski definition) is 7. The first-order valence-electron chi connectivity index (χ1n) is 27.0. The van der Waals surface area contributed by atoms with Crippen LogP contribution in [0.5, 0.6) is 23.0 Å². The standard InChI is InChI=1S/C67H57BN2O5/c1-65(2)34-41-11-14-46(23-43(41)35-65)69-54-29-45-37-66(3,4)36-44(45)26-52(54)68-53-32-62-63(74-22-21-73-62)33-55(53)70(47-15-18-59-61(31-47)72-20-19-71-59)57-28-42(27-56(69)64(57)68)38-12-16-48-49-17-13-40(25-51(49)67(5,6)50(48)24-38)60-30-39-9-7-8-10-58(39)75-60/h7-18,23-33H,19-22,34-37H2,1-6H3. The Morgan fingerprint density at radius 3 is 1.71 bits per heavy atom. The maximum atomic E-state index is 6.47. The predicted octanol–water partition coefficient (Wildman–Crippen LogP) is 13.9. The molecule has 0 N–H and O–H groups in total. The molecule has 75 heavy (non-hydrogen) atoms. The molecule has 8 heteroatoms. The molecule has 0 radical (unpaired) electrons. The minimum Gasteiger partial charge on any atom is -0.486 e. The molecule has 7 nitrogen and oxygen atoms in total. The highest BCUT2D eigenvalue weighted by Gasteiger charge is 2.47. The lowest BCUT2D eigenvalue weighted by atomic mass is 9.33. The van der Waals surface area contributed by atoms with E-state index in [-0.39, 0.29) is 23.0 Å². The van der Waals surface area contributed by atoms with Gasteiger partial charge in [0.2, 0.25) is 0 Å². The van der Waals surface area contributed by atoms with Gasteiger partial charge in [-0.3, -0.25) is 0 Å². The van der Waals surface area contributed by atoms with Crippen LogP contribution in [-0.4, -0.2) is 33.1 Å². The Morgan fingerprint density at radius 2 is 0.987 bits per heavy atom. The van der Waals surface area contributed by atoms with E-state index in [1.165, 1.54) is 83.5 Å². The third-order valence-corrected chi connectivity index (χ3v) is 17.7. The van der Waals surface area contributed by atoms with Gasteiger partial charge in [0, 0.05) is 56.9 Å². The van der Waals surface area contributed by atoms with Crippen molar-refractivity contribution in [2.45, 2.75) is 72.6 Å². The molecule has 0 atom stereocenters. The van der Waals surface area contributed by atoms with E-state index in [1.807, 2.05) is 12.1 Å². The summed E-state index contributed by atoms with van der Waals surface area (Å²) in [5.41, 5.74) is 26.1. The van der Waals surface area contributed by atoms with Crippen LogP contribution in [0.25, 0.3) is 44.5 Å². The van der Waals surface area contributed by atoms with Gasteiger partial charge in [-0.05, 0) is 181 Å². The zero-order valence-electron chi connectivity index (χ0n) is 43.4. The monoisotopic (exact) mass is 980 g/mol. The van der Waals surface area contributed by atoms with E-state index in [2.05, 4.69) is 179 Å². The van der Waals surface area contributed by atoms with Gasteiger partial charge >= 0.3 is 0 Å². The Bertz CT molecular complexity index is 3960. The number of fused-ring (bicyclic) bond motifs is 12. The van der Waals surface area contributed by atoms with Crippen LogP contribution in [0.15, 0.2) is 144 Å². The minimum absolute atomic E-state index is 0.0913. The smallest absolute Gasteiger partial charge is 0.252 e. The predicted molar refractivity (Wildman–Crippen MR) is 303 cm³/mol. The summed E-state index contributed by atoms with van der Waals surface area (Å²) in [6.07, 6.45) is 4.24. The zero-order valence-corrected chi connectivity index (χ0v) is 43.4.